The molecule has 0 saturated heterocycles. The van der Waals surface area contributed by atoms with Crippen molar-refractivity contribution in [1.82, 2.24) is 10.2 Å². The van der Waals surface area contributed by atoms with Crippen LogP contribution in [0, 0.1) is 13.8 Å². The molecule has 1 amide bonds. The Morgan fingerprint density at radius 1 is 1.32 bits per heavy atom. The van der Waals surface area contributed by atoms with Gasteiger partial charge in [0.05, 0.1) is 19.2 Å². The normalized spacial score (nSPS) is 10.2. The van der Waals surface area contributed by atoms with E-state index >= 15 is 0 Å². The molecule has 0 radical (unpaired) electrons. The number of amides is 1. The van der Waals surface area contributed by atoms with Gasteiger partial charge in [-0.2, -0.15) is 5.10 Å². The van der Waals surface area contributed by atoms with Crippen LogP contribution >= 0.6 is 0 Å². The Kier molecular flexibility index (Phi) is 4.18. The smallest absolute Gasteiger partial charge is 0.228 e. The number of para-hydroxylation sites is 1. The molecule has 100 valence electrons. The van der Waals surface area contributed by atoms with Crippen LogP contribution in [-0.4, -0.2) is 22.7 Å². The first kappa shape index (κ1) is 13.1. The number of carbonyl (C=O) groups is 1. The summed E-state index contributed by atoms with van der Waals surface area (Å²) in [6, 6.07) is 7.67. The molecule has 0 unspecified atom stereocenters. The molecule has 5 heteroatoms. The molecule has 1 heterocycles. The molecular formula is C14H17N3O2. The zero-order valence-electron chi connectivity index (χ0n) is 11.1. The van der Waals surface area contributed by atoms with Crippen LogP contribution in [0.4, 0.5) is 5.82 Å². The van der Waals surface area contributed by atoms with Gasteiger partial charge in [0.2, 0.25) is 5.91 Å². The monoisotopic (exact) mass is 259 g/mol. The minimum Gasteiger partial charge on any atom is -0.493 e. The van der Waals surface area contributed by atoms with Gasteiger partial charge in [-0.3, -0.25) is 9.89 Å². The Morgan fingerprint density at radius 2 is 2.05 bits per heavy atom. The van der Waals surface area contributed by atoms with Crippen molar-refractivity contribution in [2.24, 2.45) is 0 Å². The fourth-order valence-corrected chi connectivity index (χ4v) is 1.81. The SMILES string of the molecule is Cc1cccc(C)c1OCCC(=O)Nc1ccn[nH]1. The lowest BCUT2D eigenvalue weighted by atomic mass is 10.1. The molecule has 0 aliphatic rings. The molecule has 1 aromatic carbocycles. The number of anilines is 1. The topological polar surface area (TPSA) is 67.0 Å². The highest BCUT2D eigenvalue weighted by Gasteiger charge is 2.06. The van der Waals surface area contributed by atoms with Gasteiger partial charge in [0, 0.05) is 6.07 Å². The predicted octanol–water partition coefficient (Wildman–Crippen LogP) is 2.43. The van der Waals surface area contributed by atoms with Crippen molar-refractivity contribution < 1.29 is 9.53 Å². The molecule has 2 aromatic rings. The zero-order valence-corrected chi connectivity index (χ0v) is 11.1. The van der Waals surface area contributed by atoms with Crippen molar-refractivity contribution in [1.29, 1.82) is 0 Å². The van der Waals surface area contributed by atoms with E-state index in [-0.39, 0.29) is 5.91 Å². The highest BCUT2D eigenvalue weighted by Crippen LogP contribution is 2.22. The van der Waals surface area contributed by atoms with E-state index in [1.54, 1.807) is 12.3 Å². The number of aromatic nitrogens is 2. The molecule has 0 atom stereocenters. The summed E-state index contributed by atoms with van der Waals surface area (Å²) in [5.41, 5.74) is 2.16. The lowest BCUT2D eigenvalue weighted by Crippen LogP contribution is -2.15. The number of hydrogen-bond acceptors (Lipinski definition) is 3. The van der Waals surface area contributed by atoms with Crippen LogP contribution in [0.2, 0.25) is 0 Å². The zero-order chi connectivity index (χ0) is 13.7. The number of ether oxygens (including phenoxy) is 1. The number of nitrogens with one attached hydrogen (secondary N) is 2. The molecule has 0 aliphatic heterocycles. The van der Waals surface area contributed by atoms with E-state index in [0.717, 1.165) is 16.9 Å². The molecule has 19 heavy (non-hydrogen) atoms. The number of benzene rings is 1. The number of nitrogens with zero attached hydrogens (tertiary/aromatic N) is 1. The van der Waals surface area contributed by atoms with Crippen LogP contribution in [0.3, 0.4) is 0 Å². The average Bonchev–Trinajstić information content (AvgIpc) is 2.85. The summed E-state index contributed by atoms with van der Waals surface area (Å²) >= 11 is 0. The summed E-state index contributed by atoms with van der Waals surface area (Å²) in [7, 11) is 0. The highest BCUT2D eigenvalue weighted by atomic mass is 16.5. The van der Waals surface area contributed by atoms with Gasteiger partial charge in [-0.25, -0.2) is 0 Å². The number of rotatable bonds is 5. The number of carbonyl (C=O) groups excluding carboxylic acids is 1. The summed E-state index contributed by atoms with van der Waals surface area (Å²) in [6.07, 6.45) is 1.88. The van der Waals surface area contributed by atoms with E-state index in [9.17, 15) is 4.79 Å². The summed E-state index contributed by atoms with van der Waals surface area (Å²) in [5, 5.41) is 9.13. The van der Waals surface area contributed by atoms with Crippen molar-refractivity contribution in [3.63, 3.8) is 0 Å². The second-order valence-electron chi connectivity index (χ2n) is 4.34. The highest BCUT2D eigenvalue weighted by molar-refractivity contribution is 5.89. The van der Waals surface area contributed by atoms with E-state index in [0.29, 0.717) is 18.8 Å². The third-order valence-electron chi connectivity index (χ3n) is 2.76. The number of aromatic amines is 1. The Hall–Kier alpha value is -2.30. The minimum absolute atomic E-state index is 0.101. The van der Waals surface area contributed by atoms with Crippen LogP contribution in [0.25, 0.3) is 0 Å². The molecule has 5 nitrogen and oxygen atoms in total. The molecular weight excluding hydrogens is 242 g/mol. The van der Waals surface area contributed by atoms with Crippen LogP contribution in [0.1, 0.15) is 17.5 Å². The van der Waals surface area contributed by atoms with Crippen molar-refractivity contribution in [3.8, 4) is 5.75 Å². The van der Waals surface area contributed by atoms with E-state index in [1.165, 1.54) is 0 Å². The maximum Gasteiger partial charge on any atom is 0.228 e. The summed E-state index contributed by atoms with van der Waals surface area (Å²) in [6.45, 7) is 4.34. The van der Waals surface area contributed by atoms with Gasteiger partial charge in [-0.1, -0.05) is 18.2 Å². The van der Waals surface area contributed by atoms with Crippen molar-refractivity contribution in [2.45, 2.75) is 20.3 Å². The third kappa shape index (κ3) is 3.58. The molecule has 0 aliphatic carbocycles. The predicted molar refractivity (Wildman–Crippen MR) is 73.2 cm³/mol. The second-order valence-corrected chi connectivity index (χ2v) is 4.34. The van der Waals surface area contributed by atoms with Gasteiger partial charge < -0.3 is 10.1 Å². The molecule has 0 bridgehead atoms. The molecule has 0 saturated carbocycles. The fourth-order valence-electron chi connectivity index (χ4n) is 1.81. The maximum absolute atomic E-state index is 11.6. The Bertz CT molecular complexity index is 530. The van der Waals surface area contributed by atoms with Crippen molar-refractivity contribution in [3.05, 3.63) is 41.6 Å². The van der Waals surface area contributed by atoms with Crippen LogP contribution in [0.5, 0.6) is 5.75 Å². The van der Waals surface area contributed by atoms with Gasteiger partial charge in [-0.15, -0.1) is 0 Å². The largest absolute Gasteiger partial charge is 0.493 e. The molecule has 0 fully saturated rings. The summed E-state index contributed by atoms with van der Waals surface area (Å²) in [5.74, 6) is 1.35. The quantitative estimate of drug-likeness (QED) is 0.866. The van der Waals surface area contributed by atoms with Gasteiger partial charge in [-0.05, 0) is 25.0 Å². The molecule has 2 rings (SSSR count). The number of aryl methyl sites for hydroxylation is 2. The van der Waals surface area contributed by atoms with E-state index in [1.807, 2.05) is 32.0 Å². The lowest BCUT2D eigenvalue weighted by molar-refractivity contribution is -0.116. The summed E-state index contributed by atoms with van der Waals surface area (Å²) < 4.78 is 5.67. The Morgan fingerprint density at radius 3 is 2.68 bits per heavy atom. The first-order valence-corrected chi connectivity index (χ1v) is 6.15. The lowest BCUT2D eigenvalue weighted by Gasteiger charge is -2.11. The molecule has 1 aromatic heterocycles. The number of H-pyrrole nitrogens is 1. The maximum atomic E-state index is 11.6. The Labute approximate surface area is 112 Å². The fraction of sp³-hybridized carbons (Fsp3) is 0.286. The van der Waals surface area contributed by atoms with Crippen LogP contribution in [0.15, 0.2) is 30.5 Å². The van der Waals surface area contributed by atoms with E-state index < -0.39 is 0 Å². The van der Waals surface area contributed by atoms with E-state index in [4.69, 9.17) is 4.74 Å². The van der Waals surface area contributed by atoms with Crippen LogP contribution < -0.4 is 10.1 Å². The average molecular weight is 259 g/mol. The van der Waals surface area contributed by atoms with Gasteiger partial charge in [0.15, 0.2) is 0 Å². The van der Waals surface area contributed by atoms with Crippen molar-refractivity contribution in [2.75, 3.05) is 11.9 Å². The van der Waals surface area contributed by atoms with E-state index in [2.05, 4.69) is 15.5 Å². The second kappa shape index (κ2) is 6.04. The summed E-state index contributed by atoms with van der Waals surface area (Å²) in [4.78, 5) is 11.6. The molecule has 0 spiro atoms. The number of hydrogen-bond donors (Lipinski definition) is 2. The van der Waals surface area contributed by atoms with Gasteiger partial charge in [0.1, 0.15) is 11.6 Å². The third-order valence-corrected chi connectivity index (χ3v) is 2.76. The first-order chi connectivity index (χ1) is 9.16. The minimum atomic E-state index is -0.101. The van der Waals surface area contributed by atoms with Crippen molar-refractivity contribution >= 4 is 11.7 Å². The molecule has 2 N–H and O–H groups in total. The van der Waals surface area contributed by atoms with Gasteiger partial charge in [0.25, 0.3) is 0 Å². The first-order valence-electron chi connectivity index (χ1n) is 6.15. The Balaban J connectivity index is 1.82. The van der Waals surface area contributed by atoms with Crippen LogP contribution in [-0.2, 0) is 4.79 Å². The van der Waals surface area contributed by atoms with Gasteiger partial charge >= 0.3 is 0 Å². The standard InChI is InChI=1S/C14H17N3O2/c1-10-4-3-5-11(2)14(10)19-9-7-13(18)16-12-6-8-15-17-12/h3-6,8H,7,9H2,1-2H3,(H2,15,16,17,18).